The molecule has 32 heavy (non-hydrogen) atoms. The summed E-state index contributed by atoms with van der Waals surface area (Å²) in [6, 6.07) is 8.98. The van der Waals surface area contributed by atoms with Gasteiger partial charge in [0, 0.05) is 12.1 Å². The lowest BCUT2D eigenvalue weighted by Crippen LogP contribution is -2.47. The predicted octanol–water partition coefficient (Wildman–Crippen LogP) is 2.02. The normalized spacial score (nSPS) is 18.6. The van der Waals surface area contributed by atoms with Crippen molar-refractivity contribution in [3.05, 3.63) is 46.9 Å². The number of aromatic amines is 1. The van der Waals surface area contributed by atoms with Crippen LogP contribution in [-0.2, 0) is 14.6 Å². The summed E-state index contributed by atoms with van der Waals surface area (Å²) >= 11 is 1.13. The second kappa shape index (κ2) is 9.07. The van der Waals surface area contributed by atoms with Crippen LogP contribution >= 0.6 is 11.8 Å². The Morgan fingerprint density at radius 1 is 1.34 bits per heavy atom. The number of carbonyl (C=O) groups excluding carboxylic acids is 1. The summed E-state index contributed by atoms with van der Waals surface area (Å²) in [7, 11) is -3.11. The molecule has 1 fully saturated rings. The lowest BCUT2D eigenvalue weighted by atomic mass is 10.1. The van der Waals surface area contributed by atoms with Crippen molar-refractivity contribution in [3.63, 3.8) is 0 Å². The van der Waals surface area contributed by atoms with E-state index < -0.39 is 9.84 Å². The van der Waals surface area contributed by atoms with Crippen LogP contribution < -0.4 is 5.56 Å². The number of H-pyrrole nitrogens is 1. The van der Waals surface area contributed by atoms with Gasteiger partial charge in [0.05, 0.1) is 29.1 Å². The van der Waals surface area contributed by atoms with E-state index in [-0.39, 0.29) is 40.8 Å². The molecule has 1 amide bonds. The molecule has 9 nitrogen and oxygen atoms in total. The van der Waals surface area contributed by atoms with Crippen molar-refractivity contribution in [2.24, 2.45) is 0 Å². The molecule has 1 aliphatic heterocycles. The highest BCUT2D eigenvalue weighted by Crippen LogP contribution is 2.24. The maximum Gasteiger partial charge on any atom is 0.262 e. The molecule has 1 aromatic carbocycles. The Kier molecular flexibility index (Phi) is 6.38. The number of sulfone groups is 1. The molecule has 170 valence electrons. The summed E-state index contributed by atoms with van der Waals surface area (Å²) < 4.78 is 25.5. The maximum atomic E-state index is 13.1. The molecule has 11 heteroatoms. The minimum absolute atomic E-state index is 0.00501. The Morgan fingerprint density at radius 2 is 2.09 bits per heavy atom. The summed E-state index contributed by atoms with van der Waals surface area (Å²) in [5.41, 5.74) is 0.862. The third-order valence-electron chi connectivity index (χ3n) is 5.70. The molecule has 1 saturated heterocycles. The summed E-state index contributed by atoms with van der Waals surface area (Å²) in [4.78, 5) is 34.5. The number of amides is 1. The first-order valence-corrected chi connectivity index (χ1v) is 13.3. The number of para-hydroxylation sites is 1. The highest BCUT2D eigenvalue weighted by Gasteiger charge is 2.36. The van der Waals surface area contributed by atoms with Gasteiger partial charge in [-0.1, -0.05) is 36.9 Å². The highest BCUT2D eigenvalue weighted by molar-refractivity contribution is 7.99. The first kappa shape index (κ1) is 22.5. The Morgan fingerprint density at radius 3 is 2.75 bits per heavy atom. The smallest absolute Gasteiger partial charge is 0.262 e. The maximum absolute atomic E-state index is 13.1. The number of nitrogens with one attached hydrogen (secondary N) is 1. The van der Waals surface area contributed by atoms with Crippen molar-refractivity contribution in [2.75, 3.05) is 17.3 Å². The van der Waals surface area contributed by atoms with Crippen LogP contribution in [0.25, 0.3) is 16.7 Å². The van der Waals surface area contributed by atoms with Crippen molar-refractivity contribution in [1.29, 1.82) is 0 Å². The van der Waals surface area contributed by atoms with E-state index in [4.69, 9.17) is 0 Å². The van der Waals surface area contributed by atoms with Gasteiger partial charge in [-0.2, -0.15) is 5.10 Å². The zero-order valence-corrected chi connectivity index (χ0v) is 19.5. The number of fused-ring (bicyclic) bond motifs is 1. The number of benzene rings is 1. The second-order valence-corrected chi connectivity index (χ2v) is 11.1. The largest absolute Gasteiger partial charge is 0.335 e. The second-order valence-electron chi connectivity index (χ2n) is 7.90. The van der Waals surface area contributed by atoms with Crippen LogP contribution in [0, 0.1) is 0 Å². The molecule has 2 aromatic heterocycles. The van der Waals surface area contributed by atoms with Gasteiger partial charge in [-0.3, -0.25) is 9.59 Å². The van der Waals surface area contributed by atoms with Gasteiger partial charge in [0.2, 0.25) is 5.91 Å². The van der Waals surface area contributed by atoms with Gasteiger partial charge in [0.25, 0.3) is 5.56 Å². The van der Waals surface area contributed by atoms with Crippen molar-refractivity contribution in [3.8, 4) is 5.69 Å². The number of carbonyl (C=O) groups is 1. The van der Waals surface area contributed by atoms with Gasteiger partial charge >= 0.3 is 0 Å². The summed E-state index contributed by atoms with van der Waals surface area (Å²) in [6.45, 7) is 3.90. The van der Waals surface area contributed by atoms with Crippen LogP contribution in [0.3, 0.4) is 0 Å². The predicted molar refractivity (Wildman–Crippen MR) is 124 cm³/mol. The van der Waals surface area contributed by atoms with Crippen LogP contribution in [0.15, 0.2) is 46.5 Å². The van der Waals surface area contributed by atoms with E-state index in [0.29, 0.717) is 22.6 Å². The lowest BCUT2D eigenvalue weighted by Gasteiger charge is -2.33. The van der Waals surface area contributed by atoms with Crippen LogP contribution in [0.5, 0.6) is 0 Å². The van der Waals surface area contributed by atoms with Crippen LogP contribution in [0.4, 0.5) is 0 Å². The number of hydrogen-bond donors (Lipinski definition) is 1. The Labute approximate surface area is 190 Å². The Balaban J connectivity index is 1.56. The molecule has 0 radical (unpaired) electrons. The molecule has 0 aliphatic carbocycles. The molecule has 0 saturated carbocycles. The number of hydrogen-bond acceptors (Lipinski definition) is 7. The monoisotopic (exact) mass is 475 g/mol. The number of nitrogens with zero attached hydrogens (tertiary/aromatic N) is 4. The average Bonchev–Trinajstić information content (AvgIpc) is 3.36. The van der Waals surface area contributed by atoms with Crippen LogP contribution in [-0.4, -0.2) is 68.3 Å². The third kappa shape index (κ3) is 4.58. The van der Waals surface area contributed by atoms with E-state index >= 15 is 0 Å². The molecule has 3 heterocycles. The van der Waals surface area contributed by atoms with E-state index in [9.17, 15) is 18.0 Å². The van der Waals surface area contributed by atoms with Gasteiger partial charge in [-0.05, 0) is 31.9 Å². The first-order valence-electron chi connectivity index (χ1n) is 10.5. The van der Waals surface area contributed by atoms with Gasteiger partial charge in [-0.15, -0.1) is 0 Å². The molecule has 0 unspecified atom stereocenters. The summed E-state index contributed by atoms with van der Waals surface area (Å²) in [5, 5.41) is 4.96. The Bertz CT molecular complexity index is 1290. The molecule has 1 N–H and O–H groups in total. The van der Waals surface area contributed by atoms with Gasteiger partial charge < -0.3 is 9.88 Å². The minimum atomic E-state index is -3.11. The molecular formula is C21H25N5O4S2. The topological polar surface area (TPSA) is 118 Å². The molecule has 3 aromatic rings. The van der Waals surface area contributed by atoms with Crippen LogP contribution in [0.1, 0.15) is 26.7 Å². The number of rotatable bonds is 7. The first-order chi connectivity index (χ1) is 15.3. The van der Waals surface area contributed by atoms with E-state index in [2.05, 4.69) is 15.1 Å². The molecule has 1 aliphatic rings. The van der Waals surface area contributed by atoms with E-state index in [1.165, 1.54) is 6.20 Å². The van der Waals surface area contributed by atoms with Crippen molar-refractivity contribution >= 4 is 38.5 Å². The third-order valence-corrected chi connectivity index (χ3v) is 8.31. The molecular weight excluding hydrogens is 450 g/mol. The fourth-order valence-electron chi connectivity index (χ4n) is 3.93. The fraction of sp³-hybridized carbons (Fsp3) is 0.429. The van der Waals surface area contributed by atoms with Crippen molar-refractivity contribution < 1.29 is 13.2 Å². The van der Waals surface area contributed by atoms with Crippen molar-refractivity contribution in [1.82, 2.24) is 24.6 Å². The molecule has 4 rings (SSSR count). The summed E-state index contributed by atoms with van der Waals surface area (Å²) in [5.74, 6) is 0.00524. The quantitative estimate of drug-likeness (QED) is 0.410. The van der Waals surface area contributed by atoms with E-state index in [1.54, 1.807) is 9.58 Å². The summed E-state index contributed by atoms with van der Waals surface area (Å²) in [6.07, 6.45) is 2.66. The van der Waals surface area contributed by atoms with Crippen molar-refractivity contribution in [2.45, 2.75) is 43.9 Å². The van der Waals surface area contributed by atoms with Gasteiger partial charge in [0.15, 0.2) is 20.6 Å². The minimum Gasteiger partial charge on any atom is -0.335 e. The molecule has 0 bridgehead atoms. The number of aromatic nitrogens is 4. The highest BCUT2D eigenvalue weighted by atomic mass is 32.2. The van der Waals surface area contributed by atoms with Gasteiger partial charge in [-0.25, -0.2) is 18.1 Å². The lowest BCUT2D eigenvalue weighted by molar-refractivity contribution is -0.132. The zero-order valence-electron chi connectivity index (χ0n) is 17.9. The van der Waals surface area contributed by atoms with E-state index in [0.717, 1.165) is 23.9 Å². The SMILES string of the molecule is CC[C@@H](C)N(C(=O)CSc1nc2c(cnn2-c2ccccc2)c(=O)[nH]1)[C@@H]1CCS(=O)(=O)C1. The zero-order chi connectivity index (χ0) is 22.9. The fourth-order valence-corrected chi connectivity index (χ4v) is 6.37. The standard InChI is InChI=1S/C21H25N5O4S2/c1-3-14(2)25(16-9-10-32(29,30)13-16)18(27)12-31-21-23-19-17(20(28)24-21)11-22-26(19)15-7-5-4-6-8-15/h4-8,11,14,16H,3,9-10,12-13H2,1-2H3,(H,23,24,28)/t14-,16-/m1/s1. The van der Waals surface area contributed by atoms with E-state index in [1.807, 2.05) is 44.2 Å². The Hall–Kier alpha value is -2.66. The number of thioether (sulfide) groups is 1. The molecule has 2 atom stereocenters. The molecule has 0 spiro atoms. The van der Waals surface area contributed by atoms with Gasteiger partial charge in [0.1, 0.15) is 5.39 Å². The van der Waals surface area contributed by atoms with Crippen LogP contribution in [0.2, 0.25) is 0 Å². The average molecular weight is 476 g/mol.